The van der Waals surface area contributed by atoms with Crippen molar-refractivity contribution in [2.75, 3.05) is 13.6 Å². The van der Waals surface area contributed by atoms with Gasteiger partial charge in [-0.05, 0) is 38.2 Å². The van der Waals surface area contributed by atoms with Crippen LogP contribution in [-0.4, -0.2) is 38.2 Å². The minimum atomic E-state index is -3.53. The summed E-state index contributed by atoms with van der Waals surface area (Å²) in [6, 6.07) is 6.52. The fraction of sp³-hybridized carbons (Fsp3) is 0.333. The van der Waals surface area contributed by atoms with Crippen LogP contribution in [0.4, 0.5) is 0 Å². The SMILES string of the molecule is C=CCNS(=O)(=O)c1ccc(-c2nc(CC(C)NC)no2)cc1. The fourth-order valence-corrected chi connectivity index (χ4v) is 2.86. The third-order valence-electron chi connectivity index (χ3n) is 3.28. The van der Waals surface area contributed by atoms with Crippen LogP contribution in [-0.2, 0) is 16.4 Å². The second-order valence-electron chi connectivity index (χ2n) is 5.07. The molecule has 1 unspecified atom stereocenters. The number of likely N-dealkylation sites (N-methyl/N-ethyl adjacent to an activating group) is 1. The lowest BCUT2D eigenvalue weighted by Crippen LogP contribution is -2.24. The first kappa shape index (κ1) is 17.3. The molecule has 8 heteroatoms. The van der Waals surface area contributed by atoms with E-state index in [1.54, 1.807) is 12.1 Å². The Morgan fingerprint density at radius 2 is 2.04 bits per heavy atom. The van der Waals surface area contributed by atoms with Gasteiger partial charge in [0.1, 0.15) is 0 Å². The summed E-state index contributed by atoms with van der Waals surface area (Å²) in [6.45, 7) is 5.68. The summed E-state index contributed by atoms with van der Waals surface area (Å²) in [6.07, 6.45) is 2.13. The van der Waals surface area contributed by atoms with Gasteiger partial charge in [-0.15, -0.1) is 6.58 Å². The highest BCUT2D eigenvalue weighted by atomic mass is 32.2. The lowest BCUT2D eigenvalue weighted by atomic mass is 10.2. The number of benzene rings is 1. The molecule has 0 aliphatic carbocycles. The maximum Gasteiger partial charge on any atom is 0.257 e. The van der Waals surface area contributed by atoms with Crippen molar-refractivity contribution < 1.29 is 12.9 Å². The highest BCUT2D eigenvalue weighted by Gasteiger charge is 2.15. The first-order valence-electron chi connectivity index (χ1n) is 7.17. The molecule has 7 nitrogen and oxygen atoms in total. The molecule has 1 aromatic heterocycles. The first-order valence-corrected chi connectivity index (χ1v) is 8.65. The summed E-state index contributed by atoms with van der Waals surface area (Å²) >= 11 is 0. The topological polar surface area (TPSA) is 97.1 Å². The van der Waals surface area contributed by atoms with E-state index in [9.17, 15) is 8.42 Å². The molecule has 23 heavy (non-hydrogen) atoms. The Kier molecular flexibility index (Phi) is 5.64. The molecule has 2 aromatic rings. The maximum atomic E-state index is 12.0. The molecule has 0 bridgehead atoms. The van der Waals surface area contributed by atoms with Crippen LogP contribution in [0.5, 0.6) is 0 Å². The molecule has 0 amide bonds. The van der Waals surface area contributed by atoms with E-state index in [-0.39, 0.29) is 17.5 Å². The number of nitrogens with one attached hydrogen (secondary N) is 2. The summed E-state index contributed by atoms with van der Waals surface area (Å²) in [5, 5.41) is 7.03. The standard InChI is InChI=1S/C15H20N4O3S/c1-4-9-17-23(20,21)13-7-5-12(6-8-13)15-18-14(19-22-15)10-11(2)16-3/h4-8,11,16-17H,1,9-10H2,2-3H3. The Balaban J connectivity index is 2.15. The molecule has 0 saturated carbocycles. The average Bonchev–Trinajstić information content (AvgIpc) is 3.01. The highest BCUT2D eigenvalue weighted by Crippen LogP contribution is 2.20. The number of aromatic nitrogens is 2. The van der Waals surface area contributed by atoms with Gasteiger partial charge < -0.3 is 9.84 Å². The zero-order valence-electron chi connectivity index (χ0n) is 13.1. The predicted molar refractivity (Wildman–Crippen MR) is 87.3 cm³/mol. The van der Waals surface area contributed by atoms with Crippen molar-refractivity contribution in [2.45, 2.75) is 24.3 Å². The van der Waals surface area contributed by atoms with Gasteiger partial charge in [0.15, 0.2) is 5.82 Å². The van der Waals surface area contributed by atoms with Gasteiger partial charge in [-0.25, -0.2) is 13.1 Å². The molecule has 1 aromatic carbocycles. The van der Waals surface area contributed by atoms with Gasteiger partial charge in [0.05, 0.1) is 4.90 Å². The Hall–Kier alpha value is -2.03. The van der Waals surface area contributed by atoms with E-state index >= 15 is 0 Å². The van der Waals surface area contributed by atoms with E-state index in [4.69, 9.17) is 4.52 Å². The first-order chi connectivity index (χ1) is 11.0. The molecular weight excluding hydrogens is 316 g/mol. The van der Waals surface area contributed by atoms with Crippen molar-refractivity contribution in [1.82, 2.24) is 20.2 Å². The van der Waals surface area contributed by atoms with Gasteiger partial charge in [-0.1, -0.05) is 11.2 Å². The van der Waals surface area contributed by atoms with E-state index in [0.717, 1.165) is 0 Å². The maximum absolute atomic E-state index is 12.0. The minimum Gasteiger partial charge on any atom is -0.334 e. The minimum absolute atomic E-state index is 0.173. The van der Waals surface area contributed by atoms with Crippen molar-refractivity contribution in [3.63, 3.8) is 0 Å². The predicted octanol–water partition coefficient (Wildman–Crippen LogP) is 1.35. The number of sulfonamides is 1. The Morgan fingerprint density at radius 3 is 2.65 bits per heavy atom. The summed E-state index contributed by atoms with van der Waals surface area (Å²) in [5.41, 5.74) is 0.670. The number of hydrogen-bond acceptors (Lipinski definition) is 6. The van der Waals surface area contributed by atoms with E-state index in [0.29, 0.717) is 23.7 Å². The van der Waals surface area contributed by atoms with E-state index in [1.807, 2.05) is 14.0 Å². The van der Waals surface area contributed by atoms with Crippen molar-refractivity contribution >= 4 is 10.0 Å². The van der Waals surface area contributed by atoms with E-state index in [2.05, 4.69) is 26.8 Å². The molecule has 2 N–H and O–H groups in total. The van der Waals surface area contributed by atoms with Gasteiger partial charge in [0.2, 0.25) is 10.0 Å². The monoisotopic (exact) mass is 336 g/mol. The third-order valence-corrected chi connectivity index (χ3v) is 4.72. The Labute approximate surface area is 135 Å². The van der Waals surface area contributed by atoms with Gasteiger partial charge in [0, 0.05) is 24.6 Å². The van der Waals surface area contributed by atoms with Crippen LogP contribution in [0.1, 0.15) is 12.7 Å². The molecular formula is C15H20N4O3S. The van der Waals surface area contributed by atoms with Crippen LogP contribution in [0.2, 0.25) is 0 Å². The van der Waals surface area contributed by atoms with Crippen molar-refractivity contribution in [3.8, 4) is 11.5 Å². The van der Waals surface area contributed by atoms with E-state index in [1.165, 1.54) is 18.2 Å². The number of hydrogen-bond donors (Lipinski definition) is 2. The second kappa shape index (κ2) is 7.49. The quantitative estimate of drug-likeness (QED) is 0.706. The fourth-order valence-electron chi connectivity index (χ4n) is 1.86. The summed E-state index contributed by atoms with van der Waals surface area (Å²) in [7, 11) is -1.67. The zero-order chi connectivity index (χ0) is 16.9. The Bertz CT molecular complexity index is 753. The molecule has 0 aliphatic rings. The molecule has 0 aliphatic heterocycles. The van der Waals surface area contributed by atoms with E-state index < -0.39 is 10.0 Å². The van der Waals surface area contributed by atoms with Crippen LogP contribution in [0.25, 0.3) is 11.5 Å². The summed E-state index contributed by atoms with van der Waals surface area (Å²) in [4.78, 5) is 4.49. The molecule has 1 atom stereocenters. The molecule has 0 fully saturated rings. The Morgan fingerprint density at radius 1 is 1.35 bits per heavy atom. The van der Waals surface area contributed by atoms with Crippen LogP contribution >= 0.6 is 0 Å². The van der Waals surface area contributed by atoms with Crippen molar-refractivity contribution in [3.05, 3.63) is 42.7 Å². The number of rotatable bonds is 8. The highest BCUT2D eigenvalue weighted by molar-refractivity contribution is 7.89. The molecule has 0 spiro atoms. The third kappa shape index (κ3) is 4.47. The molecule has 124 valence electrons. The summed E-state index contributed by atoms with van der Waals surface area (Å²) in [5.74, 6) is 0.970. The largest absolute Gasteiger partial charge is 0.334 e. The molecule has 1 heterocycles. The number of nitrogens with zero attached hydrogens (tertiary/aromatic N) is 2. The van der Waals surface area contributed by atoms with Gasteiger partial charge in [0.25, 0.3) is 5.89 Å². The van der Waals surface area contributed by atoms with Crippen LogP contribution in [0, 0.1) is 0 Å². The smallest absolute Gasteiger partial charge is 0.257 e. The molecule has 0 saturated heterocycles. The van der Waals surface area contributed by atoms with Gasteiger partial charge in [-0.2, -0.15) is 4.98 Å². The van der Waals surface area contributed by atoms with Crippen molar-refractivity contribution in [1.29, 1.82) is 0 Å². The normalized spacial score (nSPS) is 13.0. The van der Waals surface area contributed by atoms with Crippen molar-refractivity contribution in [2.24, 2.45) is 0 Å². The summed E-state index contributed by atoms with van der Waals surface area (Å²) < 4.78 is 31.6. The average molecular weight is 336 g/mol. The van der Waals surface area contributed by atoms with Gasteiger partial charge in [-0.3, -0.25) is 0 Å². The lowest BCUT2D eigenvalue weighted by Gasteiger charge is -2.05. The second-order valence-corrected chi connectivity index (χ2v) is 6.84. The zero-order valence-corrected chi connectivity index (χ0v) is 13.9. The van der Waals surface area contributed by atoms with Crippen LogP contribution in [0.15, 0.2) is 46.3 Å². The molecule has 2 rings (SSSR count). The van der Waals surface area contributed by atoms with Crippen LogP contribution < -0.4 is 10.0 Å². The molecule has 0 radical (unpaired) electrons. The lowest BCUT2D eigenvalue weighted by molar-refractivity contribution is 0.418. The van der Waals surface area contributed by atoms with Crippen LogP contribution in [0.3, 0.4) is 0 Å². The van der Waals surface area contributed by atoms with Gasteiger partial charge >= 0.3 is 0 Å².